The van der Waals surface area contributed by atoms with Crippen LogP contribution in [0, 0.1) is 11.3 Å². The van der Waals surface area contributed by atoms with E-state index in [2.05, 4.69) is 0 Å². The van der Waals surface area contributed by atoms with Gasteiger partial charge in [0.25, 0.3) is 10.0 Å². The van der Waals surface area contributed by atoms with Gasteiger partial charge < -0.3 is 0 Å². The second kappa shape index (κ2) is 3.94. The summed E-state index contributed by atoms with van der Waals surface area (Å²) in [4.78, 5) is 0.132. The van der Waals surface area contributed by atoms with Crippen LogP contribution in [-0.4, -0.2) is 20.1 Å². The quantitative estimate of drug-likeness (QED) is 0.927. The van der Waals surface area contributed by atoms with Crippen molar-refractivity contribution in [3.63, 3.8) is 0 Å². The van der Waals surface area contributed by atoms with E-state index in [0.29, 0.717) is 11.3 Å². The van der Waals surface area contributed by atoms with Crippen LogP contribution in [0.4, 0.5) is 13.2 Å². The third kappa shape index (κ3) is 2.23. The number of nitriles is 1. The molecule has 1 fully saturated rings. The highest BCUT2D eigenvalue weighted by Crippen LogP contribution is 2.49. The summed E-state index contributed by atoms with van der Waals surface area (Å²) < 4.78 is 62.8. The number of thiophene rings is 1. The maximum absolute atomic E-state index is 12.6. The van der Waals surface area contributed by atoms with E-state index in [1.807, 2.05) is 0 Å². The lowest BCUT2D eigenvalue weighted by Gasteiger charge is -2.19. The standard InChI is InChI=1S/C9H7F3N2O2S2/c10-9(11,12)8(3-4-8)14-18(15,16)7-2-1-6(5-13)17-7/h1-2,14H,3-4H2. The summed E-state index contributed by atoms with van der Waals surface area (Å²) in [7, 11) is -4.23. The number of nitrogens with zero attached hydrogens (tertiary/aromatic N) is 1. The molecule has 1 aliphatic rings. The topological polar surface area (TPSA) is 70.0 Å². The Morgan fingerprint density at radius 3 is 2.39 bits per heavy atom. The van der Waals surface area contributed by atoms with E-state index in [1.165, 1.54) is 6.07 Å². The predicted molar refractivity (Wildman–Crippen MR) is 57.4 cm³/mol. The van der Waals surface area contributed by atoms with Crippen LogP contribution in [0.2, 0.25) is 0 Å². The lowest BCUT2D eigenvalue weighted by Crippen LogP contribution is -2.47. The van der Waals surface area contributed by atoms with Crippen molar-refractivity contribution in [1.29, 1.82) is 5.26 Å². The summed E-state index contributed by atoms with van der Waals surface area (Å²) in [5.74, 6) is 0. The van der Waals surface area contributed by atoms with Crippen molar-refractivity contribution in [3.8, 4) is 6.07 Å². The van der Waals surface area contributed by atoms with Crippen LogP contribution in [0.25, 0.3) is 0 Å². The molecule has 9 heteroatoms. The van der Waals surface area contributed by atoms with E-state index in [-0.39, 0.29) is 21.9 Å². The highest BCUT2D eigenvalue weighted by atomic mass is 32.2. The lowest BCUT2D eigenvalue weighted by atomic mass is 10.3. The van der Waals surface area contributed by atoms with Crippen LogP contribution in [-0.2, 0) is 10.0 Å². The molecule has 0 radical (unpaired) electrons. The van der Waals surface area contributed by atoms with E-state index in [0.717, 1.165) is 6.07 Å². The molecular formula is C9H7F3N2O2S2. The summed E-state index contributed by atoms with van der Waals surface area (Å²) in [5.41, 5.74) is -2.33. The van der Waals surface area contributed by atoms with Crippen molar-refractivity contribution in [2.24, 2.45) is 0 Å². The second-order valence-electron chi connectivity index (χ2n) is 3.92. The minimum atomic E-state index is -4.60. The van der Waals surface area contributed by atoms with Crippen molar-refractivity contribution in [3.05, 3.63) is 17.0 Å². The van der Waals surface area contributed by atoms with Gasteiger partial charge in [0.05, 0.1) is 0 Å². The molecule has 4 nitrogen and oxygen atoms in total. The molecule has 0 bridgehead atoms. The van der Waals surface area contributed by atoms with Crippen molar-refractivity contribution in [1.82, 2.24) is 4.72 Å². The van der Waals surface area contributed by atoms with Gasteiger partial charge in [-0.2, -0.15) is 23.2 Å². The molecule has 1 aliphatic carbocycles. The Morgan fingerprint density at radius 1 is 1.39 bits per heavy atom. The Kier molecular flexibility index (Phi) is 2.92. The molecule has 0 saturated heterocycles. The van der Waals surface area contributed by atoms with Crippen LogP contribution in [0.1, 0.15) is 17.7 Å². The molecule has 0 aromatic carbocycles. The van der Waals surface area contributed by atoms with Gasteiger partial charge in [-0.3, -0.25) is 0 Å². The lowest BCUT2D eigenvalue weighted by molar-refractivity contribution is -0.160. The fraction of sp³-hybridized carbons (Fsp3) is 0.444. The Hall–Kier alpha value is -1.11. The zero-order valence-electron chi connectivity index (χ0n) is 8.78. The summed E-state index contributed by atoms with van der Waals surface area (Å²) in [6.07, 6.45) is -5.12. The SMILES string of the molecule is N#Cc1ccc(S(=O)(=O)NC2(C(F)(F)F)CC2)s1. The smallest absolute Gasteiger partial charge is 0.206 e. The molecule has 1 saturated carbocycles. The summed E-state index contributed by atoms with van der Waals surface area (Å²) in [5, 5.41) is 8.56. The van der Waals surface area contributed by atoms with Gasteiger partial charge in [0.2, 0.25) is 0 Å². The highest BCUT2D eigenvalue weighted by Gasteiger charge is 2.65. The zero-order valence-corrected chi connectivity index (χ0v) is 10.4. The number of sulfonamides is 1. The maximum atomic E-state index is 12.6. The van der Waals surface area contributed by atoms with Crippen molar-refractivity contribution < 1.29 is 21.6 Å². The first-order valence-electron chi connectivity index (χ1n) is 4.81. The van der Waals surface area contributed by atoms with Gasteiger partial charge in [-0.25, -0.2) is 8.42 Å². The zero-order chi connectivity index (χ0) is 13.6. The third-order valence-electron chi connectivity index (χ3n) is 2.58. The first-order chi connectivity index (χ1) is 8.20. The van der Waals surface area contributed by atoms with Crippen LogP contribution < -0.4 is 4.72 Å². The Labute approximate surface area is 105 Å². The second-order valence-corrected chi connectivity index (χ2v) is 6.91. The van der Waals surface area contributed by atoms with Gasteiger partial charge in [-0.15, -0.1) is 11.3 Å². The van der Waals surface area contributed by atoms with Gasteiger partial charge >= 0.3 is 6.18 Å². The minimum Gasteiger partial charge on any atom is -0.206 e. The third-order valence-corrected chi connectivity index (χ3v) is 5.60. The number of hydrogen-bond donors (Lipinski definition) is 1. The fourth-order valence-electron chi connectivity index (χ4n) is 1.40. The number of hydrogen-bond acceptors (Lipinski definition) is 4. The van der Waals surface area contributed by atoms with Gasteiger partial charge in [0.1, 0.15) is 20.7 Å². The number of nitrogens with one attached hydrogen (secondary N) is 1. The molecule has 2 rings (SSSR count). The monoisotopic (exact) mass is 296 g/mol. The van der Waals surface area contributed by atoms with Crippen LogP contribution in [0.15, 0.2) is 16.3 Å². The van der Waals surface area contributed by atoms with Gasteiger partial charge in [-0.05, 0) is 25.0 Å². The Morgan fingerprint density at radius 2 is 2.00 bits per heavy atom. The van der Waals surface area contributed by atoms with E-state index < -0.39 is 21.7 Å². The number of alkyl halides is 3. The molecule has 0 unspecified atom stereocenters. The number of halogens is 3. The van der Waals surface area contributed by atoms with Crippen LogP contribution in [0.5, 0.6) is 0 Å². The van der Waals surface area contributed by atoms with E-state index in [4.69, 9.17) is 5.26 Å². The normalized spacial score (nSPS) is 18.3. The van der Waals surface area contributed by atoms with E-state index in [9.17, 15) is 21.6 Å². The average Bonchev–Trinajstić information content (AvgIpc) is 2.86. The molecule has 18 heavy (non-hydrogen) atoms. The molecule has 0 atom stereocenters. The molecule has 1 aromatic rings. The van der Waals surface area contributed by atoms with E-state index >= 15 is 0 Å². The minimum absolute atomic E-state index is 0.132. The van der Waals surface area contributed by atoms with Gasteiger partial charge in [0, 0.05) is 0 Å². The van der Waals surface area contributed by atoms with Crippen molar-refractivity contribution in [2.75, 3.05) is 0 Å². The molecule has 1 aromatic heterocycles. The first-order valence-corrected chi connectivity index (χ1v) is 7.11. The van der Waals surface area contributed by atoms with Crippen LogP contribution in [0.3, 0.4) is 0 Å². The van der Waals surface area contributed by atoms with Gasteiger partial charge in [0.15, 0.2) is 0 Å². The summed E-state index contributed by atoms with van der Waals surface area (Å²) >= 11 is 0.640. The van der Waals surface area contributed by atoms with Crippen molar-refractivity contribution in [2.45, 2.75) is 28.8 Å². The number of rotatable bonds is 3. The molecule has 0 amide bonds. The molecule has 1 heterocycles. The molecule has 98 valence electrons. The Balaban J connectivity index is 2.27. The molecular weight excluding hydrogens is 289 g/mol. The fourth-order valence-corrected chi connectivity index (χ4v) is 3.95. The maximum Gasteiger partial charge on any atom is 0.407 e. The average molecular weight is 296 g/mol. The summed E-state index contributed by atoms with van der Waals surface area (Å²) in [6, 6.07) is 4.11. The first kappa shape index (κ1) is 13.3. The van der Waals surface area contributed by atoms with Gasteiger partial charge in [-0.1, -0.05) is 0 Å². The molecule has 1 N–H and O–H groups in total. The Bertz CT molecular complexity index is 608. The van der Waals surface area contributed by atoms with E-state index in [1.54, 1.807) is 10.8 Å². The molecule has 0 aliphatic heterocycles. The largest absolute Gasteiger partial charge is 0.407 e. The van der Waals surface area contributed by atoms with Crippen LogP contribution >= 0.6 is 11.3 Å². The predicted octanol–water partition coefficient (Wildman–Crippen LogP) is 1.99. The highest BCUT2D eigenvalue weighted by molar-refractivity contribution is 7.91. The summed E-state index contributed by atoms with van der Waals surface area (Å²) in [6.45, 7) is 0. The molecule has 0 spiro atoms. The van der Waals surface area contributed by atoms with Crippen molar-refractivity contribution >= 4 is 21.4 Å².